The Hall–Kier alpha value is -4.19. The molecule has 0 unspecified atom stereocenters. The molecule has 1 aliphatic rings. The summed E-state index contributed by atoms with van der Waals surface area (Å²) in [4.78, 5) is 45.0. The van der Waals surface area contributed by atoms with Crippen molar-refractivity contribution in [1.82, 2.24) is 14.9 Å². The summed E-state index contributed by atoms with van der Waals surface area (Å²) in [6, 6.07) is 3.83. The minimum absolute atomic E-state index is 0.00184. The lowest BCUT2D eigenvalue weighted by molar-refractivity contribution is -0.192. The number of rotatable bonds is 4. The van der Waals surface area contributed by atoms with E-state index in [0.29, 0.717) is 0 Å². The van der Waals surface area contributed by atoms with Crippen molar-refractivity contribution in [3.63, 3.8) is 0 Å². The molecule has 0 saturated carbocycles. The van der Waals surface area contributed by atoms with Crippen molar-refractivity contribution < 1.29 is 36.6 Å². The minimum Gasteiger partial charge on any atom is -0.429 e. The smallest absolute Gasteiger partial charge is 0.310 e. The third-order valence-corrected chi connectivity index (χ3v) is 6.48. The average Bonchev–Trinajstić information content (AvgIpc) is 3.27. The van der Waals surface area contributed by atoms with Crippen LogP contribution in [-0.4, -0.2) is 40.4 Å². The van der Waals surface area contributed by atoms with Crippen LogP contribution in [0.5, 0.6) is 0 Å². The van der Waals surface area contributed by atoms with Crippen LogP contribution < -0.4 is 5.56 Å². The van der Waals surface area contributed by atoms with Crippen LogP contribution in [0.1, 0.15) is 47.9 Å². The number of hydrogen-bond acceptors (Lipinski definition) is 5. The van der Waals surface area contributed by atoms with E-state index in [-0.39, 0.29) is 45.2 Å². The maximum absolute atomic E-state index is 14.3. The van der Waals surface area contributed by atoms with E-state index in [0.717, 1.165) is 24.3 Å². The summed E-state index contributed by atoms with van der Waals surface area (Å²) in [7, 11) is 1.41. The number of aromatic amines is 2. The number of nitrogens with one attached hydrogen (secondary N) is 2. The van der Waals surface area contributed by atoms with E-state index in [4.69, 9.17) is 9.47 Å². The Kier molecular flexibility index (Phi) is 6.22. The van der Waals surface area contributed by atoms with Gasteiger partial charge in [-0.1, -0.05) is 13.8 Å². The molecular formula is C26H21F4N3O5. The molecule has 0 fully saturated rings. The third kappa shape index (κ3) is 4.20. The molecule has 8 nitrogen and oxygen atoms in total. The monoisotopic (exact) mass is 531 g/mol. The van der Waals surface area contributed by atoms with Crippen LogP contribution in [0.3, 0.4) is 0 Å². The van der Waals surface area contributed by atoms with Gasteiger partial charge < -0.3 is 24.3 Å². The van der Waals surface area contributed by atoms with Crippen molar-refractivity contribution in [3.8, 4) is 0 Å². The van der Waals surface area contributed by atoms with Crippen LogP contribution in [0.25, 0.3) is 21.7 Å². The Balaban J connectivity index is 1.63. The van der Waals surface area contributed by atoms with Crippen molar-refractivity contribution in [3.05, 3.63) is 80.9 Å². The minimum atomic E-state index is -1.37. The summed E-state index contributed by atoms with van der Waals surface area (Å²) in [6.45, 7) is 2.95. The van der Waals surface area contributed by atoms with E-state index in [1.807, 2.05) is 0 Å². The summed E-state index contributed by atoms with van der Waals surface area (Å²) in [5, 5.41) is 0.0804. The Morgan fingerprint density at radius 3 is 2.29 bits per heavy atom. The van der Waals surface area contributed by atoms with Crippen molar-refractivity contribution in [2.24, 2.45) is 5.92 Å². The maximum Gasteiger partial charge on any atom is 0.310 e. The second kappa shape index (κ2) is 9.28. The van der Waals surface area contributed by atoms with Gasteiger partial charge in [0.25, 0.3) is 11.5 Å². The highest BCUT2D eigenvalue weighted by Gasteiger charge is 2.38. The van der Waals surface area contributed by atoms with Gasteiger partial charge in [0.15, 0.2) is 23.3 Å². The fourth-order valence-corrected chi connectivity index (χ4v) is 4.46. The summed E-state index contributed by atoms with van der Waals surface area (Å²) in [5.41, 5.74) is -0.432. The normalized spacial score (nSPS) is 17.2. The number of likely N-dealkylation sites (N-methyl/N-ethyl adjacent to an activating group) is 1. The molecule has 1 aliphatic heterocycles. The van der Waals surface area contributed by atoms with Crippen LogP contribution in [0.2, 0.25) is 0 Å². The quantitative estimate of drug-likeness (QED) is 0.296. The molecule has 0 bridgehead atoms. The standard InChI is InChI=1S/C26H21F4N3O5/c1-10(2)25(36)38-26-22-21(12-6-15(28)16(29)7-13(12)23(34)32-22)20(9-37-26)33(3)24(35)19-5-11-4-14(27)17(30)8-18(11)31-19/h4-8,10,20,26,31H,9H2,1-3H3,(H,32,34)/t20-,26-/m1/s1. The molecule has 2 atom stereocenters. The van der Waals surface area contributed by atoms with Crippen LogP contribution in [0, 0.1) is 29.2 Å². The maximum atomic E-state index is 14.3. The number of amides is 1. The van der Waals surface area contributed by atoms with E-state index < -0.39 is 59.0 Å². The van der Waals surface area contributed by atoms with Gasteiger partial charge in [-0.2, -0.15) is 0 Å². The first-order valence-corrected chi connectivity index (χ1v) is 11.6. The molecule has 0 aliphatic carbocycles. The lowest BCUT2D eigenvalue weighted by Gasteiger charge is -2.36. The van der Waals surface area contributed by atoms with Gasteiger partial charge in [0.1, 0.15) is 5.69 Å². The highest BCUT2D eigenvalue weighted by molar-refractivity contribution is 5.98. The number of halogens is 4. The predicted octanol–water partition coefficient (Wildman–Crippen LogP) is 4.61. The Labute approximate surface area is 212 Å². The Morgan fingerprint density at radius 1 is 0.974 bits per heavy atom. The van der Waals surface area contributed by atoms with Crippen molar-refractivity contribution >= 4 is 33.6 Å². The number of carbonyl (C=O) groups excluding carboxylic acids is 2. The van der Waals surface area contributed by atoms with E-state index in [2.05, 4.69) is 9.97 Å². The molecule has 2 aromatic heterocycles. The van der Waals surface area contributed by atoms with Crippen molar-refractivity contribution in [2.45, 2.75) is 26.2 Å². The zero-order valence-corrected chi connectivity index (χ0v) is 20.3. The molecule has 198 valence electrons. The number of ether oxygens (including phenoxy) is 2. The SMILES string of the molecule is CC(C)C(=O)O[C@H]1OC[C@@H](N(C)C(=O)c2cc3cc(F)c(F)cc3[nH]2)c2c1[nH]c(=O)c1cc(F)c(F)cc21. The molecule has 0 radical (unpaired) electrons. The molecule has 0 saturated heterocycles. The van der Waals surface area contributed by atoms with Crippen molar-refractivity contribution in [1.29, 1.82) is 0 Å². The lowest BCUT2D eigenvalue weighted by atomic mass is 9.94. The number of benzene rings is 2. The van der Waals surface area contributed by atoms with Crippen LogP contribution in [-0.2, 0) is 14.3 Å². The molecule has 3 heterocycles. The van der Waals surface area contributed by atoms with Crippen LogP contribution in [0.4, 0.5) is 17.6 Å². The number of hydrogen-bond donors (Lipinski definition) is 2. The van der Waals surface area contributed by atoms with E-state index in [9.17, 15) is 31.9 Å². The summed E-state index contributed by atoms with van der Waals surface area (Å²) in [6.07, 6.45) is -1.37. The Morgan fingerprint density at radius 2 is 1.61 bits per heavy atom. The number of nitrogens with zero attached hydrogens (tertiary/aromatic N) is 1. The molecule has 2 aromatic carbocycles. The number of esters is 1. The van der Waals surface area contributed by atoms with E-state index in [1.54, 1.807) is 13.8 Å². The third-order valence-electron chi connectivity index (χ3n) is 6.48. The zero-order chi connectivity index (χ0) is 27.5. The van der Waals surface area contributed by atoms with Gasteiger partial charge in [-0.15, -0.1) is 0 Å². The number of aromatic nitrogens is 2. The summed E-state index contributed by atoms with van der Waals surface area (Å²) >= 11 is 0. The first-order chi connectivity index (χ1) is 18.0. The van der Waals surface area contributed by atoms with Gasteiger partial charge in [-0.3, -0.25) is 14.4 Å². The van der Waals surface area contributed by atoms with E-state index >= 15 is 0 Å². The second-order valence-electron chi connectivity index (χ2n) is 9.32. The van der Waals surface area contributed by atoms with Crippen LogP contribution in [0.15, 0.2) is 35.1 Å². The highest BCUT2D eigenvalue weighted by atomic mass is 19.2. The second-order valence-corrected chi connectivity index (χ2v) is 9.32. The van der Waals surface area contributed by atoms with Gasteiger partial charge in [-0.05, 0) is 29.7 Å². The lowest BCUT2D eigenvalue weighted by Crippen LogP contribution is -2.39. The number of pyridine rings is 1. The number of carbonyl (C=O) groups is 2. The summed E-state index contributed by atoms with van der Waals surface area (Å²) in [5.74, 6) is -6.41. The fourth-order valence-electron chi connectivity index (χ4n) is 4.46. The number of H-pyrrole nitrogens is 2. The highest BCUT2D eigenvalue weighted by Crippen LogP contribution is 2.39. The molecule has 38 heavy (non-hydrogen) atoms. The molecule has 1 amide bonds. The molecule has 12 heteroatoms. The molecule has 4 aromatic rings. The first kappa shape index (κ1) is 25.5. The molecule has 0 spiro atoms. The average molecular weight is 531 g/mol. The largest absolute Gasteiger partial charge is 0.429 e. The van der Waals surface area contributed by atoms with Gasteiger partial charge >= 0.3 is 5.97 Å². The van der Waals surface area contributed by atoms with Gasteiger partial charge in [-0.25, -0.2) is 17.6 Å². The molecular weight excluding hydrogens is 510 g/mol. The topological polar surface area (TPSA) is 104 Å². The van der Waals surface area contributed by atoms with Crippen LogP contribution >= 0.6 is 0 Å². The first-order valence-electron chi connectivity index (χ1n) is 11.6. The van der Waals surface area contributed by atoms with Gasteiger partial charge in [0.05, 0.1) is 29.6 Å². The molecule has 5 rings (SSSR count). The van der Waals surface area contributed by atoms with E-state index in [1.165, 1.54) is 18.0 Å². The van der Waals surface area contributed by atoms with Gasteiger partial charge in [0.2, 0.25) is 6.29 Å². The predicted molar refractivity (Wildman–Crippen MR) is 127 cm³/mol. The summed E-state index contributed by atoms with van der Waals surface area (Å²) < 4.78 is 66.8. The number of fused-ring (bicyclic) bond motifs is 4. The zero-order valence-electron chi connectivity index (χ0n) is 20.3. The van der Waals surface area contributed by atoms with Crippen molar-refractivity contribution in [2.75, 3.05) is 13.7 Å². The fraction of sp³-hybridized carbons (Fsp3) is 0.269. The van der Waals surface area contributed by atoms with Gasteiger partial charge in [0, 0.05) is 29.6 Å². The Bertz CT molecular complexity index is 1640. The molecule has 2 N–H and O–H groups in total.